The zero-order valence-electron chi connectivity index (χ0n) is 11.0. The second-order valence-corrected chi connectivity index (χ2v) is 4.55. The number of ether oxygens (including phenoxy) is 1. The van der Waals surface area contributed by atoms with E-state index in [1.165, 1.54) is 6.20 Å². The van der Waals surface area contributed by atoms with Crippen LogP contribution < -0.4 is 11.1 Å². The third-order valence-corrected chi connectivity index (χ3v) is 2.22. The highest BCUT2D eigenvalue weighted by atomic mass is 16.5. The molecule has 5 nitrogen and oxygen atoms in total. The number of carbonyl (C=O) groups is 1. The van der Waals surface area contributed by atoms with E-state index in [-0.39, 0.29) is 5.91 Å². The van der Waals surface area contributed by atoms with Crippen LogP contribution >= 0.6 is 0 Å². The van der Waals surface area contributed by atoms with Crippen molar-refractivity contribution in [2.24, 2.45) is 5.92 Å². The molecular formula is C13H21N3O2. The standard InChI is InChI=1S/C13H21N3O2/c1-10(2)9-18-7-3-6-15-13(17)12-5-4-11(14)8-16-12/h4-5,8,10H,3,6-7,9,14H2,1-2H3,(H,15,17). The van der Waals surface area contributed by atoms with Crippen molar-refractivity contribution < 1.29 is 9.53 Å². The number of hydrogen-bond donors (Lipinski definition) is 2. The molecule has 3 N–H and O–H groups in total. The first-order chi connectivity index (χ1) is 8.59. The molecule has 0 aromatic carbocycles. The summed E-state index contributed by atoms with van der Waals surface area (Å²) in [7, 11) is 0. The van der Waals surface area contributed by atoms with Gasteiger partial charge in [0.1, 0.15) is 5.69 Å². The van der Waals surface area contributed by atoms with Gasteiger partial charge in [0, 0.05) is 19.8 Å². The molecule has 0 atom stereocenters. The van der Waals surface area contributed by atoms with Gasteiger partial charge in [0.25, 0.3) is 5.91 Å². The minimum absolute atomic E-state index is 0.182. The van der Waals surface area contributed by atoms with Gasteiger partial charge < -0.3 is 15.8 Å². The lowest BCUT2D eigenvalue weighted by Gasteiger charge is -2.07. The van der Waals surface area contributed by atoms with Gasteiger partial charge in [-0.25, -0.2) is 4.98 Å². The summed E-state index contributed by atoms with van der Waals surface area (Å²) in [6.45, 7) is 6.22. The fourth-order valence-electron chi connectivity index (χ4n) is 1.33. The van der Waals surface area contributed by atoms with Crippen molar-refractivity contribution in [3.8, 4) is 0 Å². The molecule has 0 saturated carbocycles. The molecule has 1 aromatic heterocycles. The van der Waals surface area contributed by atoms with Gasteiger partial charge in [-0.05, 0) is 24.5 Å². The Labute approximate surface area is 108 Å². The van der Waals surface area contributed by atoms with Crippen molar-refractivity contribution in [1.82, 2.24) is 10.3 Å². The van der Waals surface area contributed by atoms with E-state index in [1.54, 1.807) is 12.1 Å². The van der Waals surface area contributed by atoms with Gasteiger partial charge in [-0.3, -0.25) is 4.79 Å². The first kappa shape index (κ1) is 14.4. The van der Waals surface area contributed by atoms with E-state index in [1.807, 2.05) is 0 Å². The zero-order chi connectivity index (χ0) is 13.4. The van der Waals surface area contributed by atoms with Gasteiger partial charge in [0.15, 0.2) is 0 Å². The average molecular weight is 251 g/mol. The molecule has 0 radical (unpaired) electrons. The van der Waals surface area contributed by atoms with E-state index in [9.17, 15) is 4.79 Å². The topological polar surface area (TPSA) is 77.2 Å². The maximum Gasteiger partial charge on any atom is 0.269 e. The molecule has 0 unspecified atom stereocenters. The highest BCUT2D eigenvalue weighted by Gasteiger charge is 2.05. The number of nitrogens with two attached hydrogens (primary N) is 1. The Kier molecular flexibility index (Phi) is 6.14. The van der Waals surface area contributed by atoms with Crippen LogP contribution in [0.15, 0.2) is 18.3 Å². The van der Waals surface area contributed by atoms with Crippen molar-refractivity contribution >= 4 is 11.6 Å². The van der Waals surface area contributed by atoms with Gasteiger partial charge >= 0.3 is 0 Å². The van der Waals surface area contributed by atoms with Crippen LogP contribution in [0.1, 0.15) is 30.8 Å². The van der Waals surface area contributed by atoms with Crippen molar-refractivity contribution in [2.45, 2.75) is 20.3 Å². The Morgan fingerprint density at radius 2 is 2.28 bits per heavy atom. The quantitative estimate of drug-likeness (QED) is 0.719. The van der Waals surface area contributed by atoms with Crippen LogP contribution in [0.4, 0.5) is 5.69 Å². The van der Waals surface area contributed by atoms with Gasteiger partial charge in [0.2, 0.25) is 0 Å². The number of pyridine rings is 1. The van der Waals surface area contributed by atoms with Crippen LogP contribution in [-0.4, -0.2) is 30.6 Å². The average Bonchev–Trinajstić information content (AvgIpc) is 2.34. The third kappa shape index (κ3) is 5.63. The molecule has 0 aliphatic rings. The molecule has 1 rings (SSSR count). The SMILES string of the molecule is CC(C)COCCCNC(=O)c1ccc(N)cn1. The number of nitrogens with one attached hydrogen (secondary N) is 1. The van der Waals surface area contributed by atoms with Gasteiger partial charge in [-0.2, -0.15) is 0 Å². The monoisotopic (exact) mass is 251 g/mol. The number of aromatic nitrogens is 1. The fraction of sp³-hybridized carbons (Fsp3) is 0.538. The molecule has 18 heavy (non-hydrogen) atoms. The van der Waals surface area contributed by atoms with E-state index in [0.29, 0.717) is 30.5 Å². The van der Waals surface area contributed by atoms with Crippen LogP contribution in [0.2, 0.25) is 0 Å². The summed E-state index contributed by atoms with van der Waals surface area (Å²) in [5.74, 6) is 0.359. The molecule has 1 amide bonds. The Balaban J connectivity index is 2.16. The normalized spacial score (nSPS) is 10.6. The number of hydrogen-bond acceptors (Lipinski definition) is 4. The Hall–Kier alpha value is -1.62. The first-order valence-electron chi connectivity index (χ1n) is 6.17. The van der Waals surface area contributed by atoms with Crippen LogP contribution in [0, 0.1) is 5.92 Å². The highest BCUT2D eigenvalue weighted by Crippen LogP contribution is 2.00. The van der Waals surface area contributed by atoms with E-state index >= 15 is 0 Å². The van der Waals surface area contributed by atoms with E-state index < -0.39 is 0 Å². The van der Waals surface area contributed by atoms with Gasteiger partial charge in [-0.1, -0.05) is 13.8 Å². The number of carbonyl (C=O) groups excluding carboxylic acids is 1. The van der Waals surface area contributed by atoms with Crippen molar-refractivity contribution in [2.75, 3.05) is 25.5 Å². The van der Waals surface area contributed by atoms with Crippen LogP contribution in [0.5, 0.6) is 0 Å². The molecule has 5 heteroatoms. The molecule has 100 valence electrons. The summed E-state index contributed by atoms with van der Waals surface area (Å²) in [6, 6.07) is 3.27. The van der Waals surface area contributed by atoms with Crippen LogP contribution in [0.3, 0.4) is 0 Å². The minimum Gasteiger partial charge on any atom is -0.397 e. The van der Waals surface area contributed by atoms with Crippen molar-refractivity contribution in [3.63, 3.8) is 0 Å². The first-order valence-corrected chi connectivity index (χ1v) is 6.17. The van der Waals surface area contributed by atoms with E-state index in [0.717, 1.165) is 13.0 Å². The predicted octanol–water partition coefficient (Wildman–Crippen LogP) is 1.46. The van der Waals surface area contributed by atoms with Crippen molar-refractivity contribution in [3.05, 3.63) is 24.0 Å². The predicted molar refractivity (Wildman–Crippen MR) is 71.3 cm³/mol. The number of nitrogen functional groups attached to an aromatic ring is 1. The fourth-order valence-corrected chi connectivity index (χ4v) is 1.33. The molecule has 1 heterocycles. The lowest BCUT2D eigenvalue weighted by Crippen LogP contribution is -2.26. The third-order valence-electron chi connectivity index (χ3n) is 2.22. The summed E-state index contributed by atoms with van der Waals surface area (Å²) in [6.07, 6.45) is 2.27. The maximum atomic E-state index is 11.6. The van der Waals surface area contributed by atoms with E-state index in [4.69, 9.17) is 10.5 Å². The smallest absolute Gasteiger partial charge is 0.269 e. The lowest BCUT2D eigenvalue weighted by atomic mass is 10.2. The van der Waals surface area contributed by atoms with Crippen molar-refractivity contribution in [1.29, 1.82) is 0 Å². The zero-order valence-corrected chi connectivity index (χ0v) is 11.0. The minimum atomic E-state index is -0.182. The van der Waals surface area contributed by atoms with E-state index in [2.05, 4.69) is 24.1 Å². The number of amides is 1. The molecule has 0 aliphatic carbocycles. The number of anilines is 1. The number of nitrogens with zero attached hydrogens (tertiary/aromatic N) is 1. The largest absolute Gasteiger partial charge is 0.397 e. The summed E-state index contributed by atoms with van der Waals surface area (Å²) < 4.78 is 5.41. The molecule has 0 spiro atoms. The maximum absolute atomic E-state index is 11.6. The summed E-state index contributed by atoms with van der Waals surface area (Å²) >= 11 is 0. The Morgan fingerprint density at radius 1 is 1.50 bits per heavy atom. The van der Waals surface area contributed by atoms with Gasteiger partial charge in [-0.15, -0.1) is 0 Å². The summed E-state index contributed by atoms with van der Waals surface area (Å²) in [5, 5.41) is 2.78. The van der Waals surface area contributed by atoms with Crippen LogP contribution in [-0.2, 0) is 4.74 Å². The summed E-state index contributed by atoms with van der Waals surface area (Å²) in [4.78, 5) is 15.6. The summed E-state index contributed by atoms with van der Waals surface area (Å²) in [5.41, 5.74) is 6.43. The lowest BCUT2D eigenvalue weighted by molar-refractivity contribution is 0.0920. The Bertz CT molecular complexity index is 363. The Morgan fingerprint density at radius 3 is 2.89 bits per heavy atom. The van der Waals surface area contributed by atoms with Gasteiger partial charge in [0.05, 0.1) is 11.9 Å². The van der Waals surface area contributed by atoms with Crippen LogP contribution in [0.25, 0.3) is 0 Å². The molecule has 1 aromatic rings. The second kappa shape index (κ2) is 7.66. The molecule has 0 aliphatic heterocycles. The molecule has 0 bridgehead atoms. The molecular weight excluding hydrogens is 230 g/mol. The molecule has 0 saturated heterocycles. The molecule has 0 fully saturated rings. The second-order valence-electron chi connectivity index (χ2n) is 4.55. The highest BCUT2D eigenvalue weighted by molar-refractivity contribution is 5.92. The number of rotatable bonds is 7.